The van der Waals surface area contributed by atoms with Crippen LogP contribution in [0.1, 0.15) is 11.4 Å². The molecule has 1 aromatic heterocycles. The first-order valence-corrected chi connectivity index (χ1v) is 10.2. The summed E-state index contributed by atoms with van der Waals surface area (Å²) in [5.74, 6) is 2.66. The number of fused-ring (bicyclic) bond motifs is 1. The van der Waals surface area contributed by atoms with E-state index in [2.05, 4.69) is 5.32 Å². The van der Waals surface area contributed by atoms with Crippen LogP contribution in [0.4, 0.5) is 5.69 Å². The molecule has 0 fully saturated rings. The number of rotatable bonds is 8. The largest absolute Gasteiger partial charge is 0.497 e. The zero-order valence-electron chi connectivity index (χ0n) is 18.3. The highest BCUT2D eigenvalue weighted by molar-refractivity contribution is 5.92. The normalized spacial score (nSPS) is 10.7. The summed E-state index contributed by atoms with van der Waals surface area (Å²) in [6.07, 6.45) is 0.543. The summed E-state index contributed by atoms with van der Waals surface area (Å²) in [6.45, 7) is 0.139. The summed E-state index contributed by atoms with van der Waals surface area (Å²) in [4.78, 5) is 17.7. The SMILES string of the molecule is COc1cccc(NC(=O)Cn2c(Cc3ccc(OC)c(OC)c3)nc3ccccc32)c1. The molecule has 32 heavy (non-hydrogen) atoms. The topological polar surface area (TPSA) is 74.6 Å². The minimum Gasteiger partial charge on any atom is -0.497 e. The molecule has 1 N–H and O–H groups in total. The number of nitrogens with one attached hydrogen (secondary N) is 1. The number of anilines is 1. The van der Waals surface area contributed by atoms with Gasteiger partial charge in [-0.15, -0.1) is 0 Å². The molecule has 0 bridgehead atoms. The van der Waals surface area contributed by atoms with Gasteiger partial charge in [0.1, 0.15) is 18.1 Å². The van der Waals surface area contributed by atoms with Gasteiger partial charge in [0.2, 0.25) is 5.91 Å². The summed E-state index contributed by atoms with van der Waals surface area (Å²) in [6, 6.07) is 20.9. The van der Waals surface area contributed by atoms with Gasteiger partial charge in [0.15, 0.2) is 11.5 Å². The first-order valence-electron chi connectivity index (χ1n) is 10.2. The van der Waals surface area contributed by atoms with E-state index in [4.69, 9.17) is 19.2 Å². The average molecular weight is 431 g/mol. The molecule has 3 aromatic carbocycles. The fourth-order valence-corrected chi connectivity index (χ4v) is 3.65. The Hall–Kier alpha value is -4.00. The van der Waals surface area contributed by atoms with Gasteiger partial charge in [-0.1, -0.05) is 24.3 Å². The van der Waals surface area contributed by atoms with Crippen molar-refractivity contribution in [2.75, 3.05) is 26.6 Å². The van der Waals surface area contributed by atoms with Gasteiger partial charge in [0.05, 0.1) is 32.4 Å². The Kier molecular flexibility index (Phi) is 6.26. The number of nitrogens with zero attached hydrogens (tertiary/aromatic N) is 2. The van der Waals surface area contributed by atoms with Crippen LogP contribution in [0.2, 0.25) is 0 Å². The summed E-state index contributed by atoms with van der Waals surface area (Å²) < 4.78 is 17.9. The maximum absolute atomic E-state index is 12.9. The van der Waals surface area contributed by atoms with E-state index >= 15 is 0 Å². The molecule has 1 heterocycles. The Morgan fingerprint density at radius 3 is 2.50 bits per heavy atom. The summed E-state index contributed by atoms with van der Waals surface area (Å²) >= 11 is 0. The smallest absolute Gasteiger partial charge is 0.244 e. The standard InChI is InChI=1S/C25H25N3O4/c1-30-19-8-6-7-18(15-19)26-25(29)16-28-21-10-5-4-9-20(21)27-24(28)14-17-11-12-22(31-2)23(13-17)32-3/h4-13,15H,14,16H2,1-3H3,(H,26,29). The Balaban J connectivity index is 1.62. The predicted octanol–water partition coefficient (Wildman–Crippen LogP) is 4.29. The first kappa shape index (κ1) is 21.2. The van der Waals surface area contributed by atoms with Gasteiger partial charge in [0, 0.05) is 18.2 Å². The fraction of sp³-hybridized carbons (Fsp3) is 0.200. The number of methoxy groups -OCH3 is 3. The molecule has 7 heteroatoms. The third-order valence-electron chi connectivity index (χ3n) is 5.20. The number of carbonyl (C=O) groups is 1. The van der Waals surface area contributed by atoms with Crippen molar-refractivity contribution in [2.45, 2.75) is 13.0 Å². The molecule has 0 atom stereocenters. The zero-order chi connectivity index (χ0) is 22.5. The van der Waals surface area contributed by atoms with Gasteiger partial charge in [-0.05, 0) is 42.0 Å². The third kappa shape index (κ3) is 4.51. The molecule has 4 rings (SSSR count). The van der Waals surface area contributed by atoms with Crippen LogP contribution in [0.25, 0.3) is 11.0 Å². The van der Waals surface area contributed by atoms with Gasteiger partial charge in [-0.25, -0.2) is 4.98 Å². The van der Waals surface area contributed by atoms with E-state index < -0.39 is 0 Å². The van der Waals surface area contributed by atoms with E-state index in [1.807, 2.05) is 65.2 Å². The molecular formula is C25H25N3O4. The maximum atomic E-state index is 12.9. The number of imidazole rings is 1. The molecule has 0 saturated carbocycles. The lowest BCUT2D eigenvalue weighted by molar-refractivity contribution is -0.116. The maximum Gasteiger partial charge on any atom is 0.244 e. The van der Waals surface area contributed by atoms with Gasteiger partial charge in [-0.3, -0.25) is 4.79 Å². The quantitative estimate of drug-likeness (QED) is 0.450. The number of benzene rings is 3. The van der Waals surface area contributed by atoms with Crippen molar-refractivity contribution in [3.8, 4) is 17.2 Å². The molecule has 0 unspecified atom stereocenters. The molecule has 4 aromatic rings. The van der Waals surface area contributed by atoms with E-state index in [1.165, 1.54) is 0 Å². The van der Waals surface area contributed by atoms with Crippen LogP contribution in [0.15, 0.2) is 66.7 Å². The highest BCUT2D eigenvalue weighted by Gasteiger charge is 2.15. The lowest BCUT2D eigenvalue weighted by Gasteiger charge is -2.12. The molecular weight excluding hydrogens is 406 g/mol. The summed E-state index contributed by atoms with van der Waals surface area (Å²) in [7, 11) is 4.82. The van der Waals surface area contributed by atoms with E-state index in [1.54, 1.807) is 27.4 Å². The number of hydrogen-bond acceptors (Lipinski definition) is 5. The minimum absolute atomic E-state index is 0.139. The minimum atomic E-state index is -0.144. The van der Waals surface area contributed by atoms with Crippen molar-refractivity contribution in [1.29, 1.82) is 0 Å². The van der Waals surface area contributed by atoms with Gasteiger partial charge >= 0.3 is 0 Å². The van der Waals surface area contributed by atoms with Crippen molar-refractivity contribution < 1.29 is 19.0 Å². The van der Waals surface area contributed by atoms with Crippen LogP contribution in [-0.4, -0.2) is 36.8 Å². The Labute approximate surface area is 186 Å². The lowest BCUT2D eigenvalue weighted by atomic mass is 10.1. The number of ether oxygens (including phenoxy) is 3. The van der Waals surface area contributed by atoms with E-state index in [-0.39, 0.29) is 12.5 Å². The second-order valence-electron chi connectivity index (χ2n) is 7.25. The van der Waals surface area contributed by atoms with Crippen LogP contribution in [-0.2, 0) is 17.8 Å². The molecule has 1 amide bonds. The Morgan fingerprint density at radius 2 is 1.72 bits per heavy atom. The summed E-state index contributed by atoms with van der Waals surface area (Å²) in [5.41, 5.74) is 3.44. The first-order chi connectivity index (χ1) is 15.6. The number of para-hydroxylation sites is 2. The van der Waals surface area contributed by atoms with E-state index in [0.29, 0.717) is 29.4 Å². The molecule has 0 aliphatic heterocycles. The number of amides is 1. The van der Waals surface area contributed by atoms with E-state index in [9.17, 15) is 4.79 Å². The second-order valence-corrected chi connectivity index (χ2v) is 7.25. The molecule has 0 aliphatic carbocycles. The van der Waals surface area contributed by atoms with Crippen LogP contribution in [0, 0.1) is 0 Å². The van der Waals surface area contributed by atoms with Gasteiger partial charge in [0.25, 0.3) is 0 Å². The lowest BCUT2D eigenvalue weighted by Crippen LogP contribution is -2.20. The van der Waals surface area contributed by atoms with Crippen LogP contribution >= 0.6 is 0 Å². The van der Waals surface area contributed by atoms with Crippen molar-refractivity contribution in [1.82, 2.24) is 9.55 Å². The molecule has 7 nitrogen and oxygen atoms in total. The van der Waals surface area contributed by atoms with Gasteiger partial charge in [-0.2, -0.15) is 0 Å². The average Bonchev–Trinajstić information content (AvgIpc) is 3.15. The molecule has 164 valence electrons. The Morgan fingerprint density at radius 1 is 0.906 bits per heavy atom. The highest BCUT2D eigenvalue weighted by Crippen LogP contribution is 2.29. The van der Waals surface area contributed by atoms with Crippen molar-refractivity contribution >= 4 is 22.6 Å². The monoisotopic (exact) mass is 431 g/mol. The number of carbonyl (C=O) groups excluding carboxylic acids is 1. The van der Waals surface area contributed by atoms with Crippen molar-refractivity contribution in [3.63, 3.8) is 0 Å². The van der Waals surface area contributed by atoms with Crippen molar-refractivity contribution in [3.05, 3.63) is 78.1 Å². The number of aromatic nitrogens is 2. The predicted molar refractivity (Wildman–Crippen MR) is 124 cm³/mol. The molecule has 0 aliphatic rings. The van der Waals surface area contributed by atoms with Crippen molar-refractivity contribution in [2.24, 2.45) is 0 Å². The highest BCUT2D eigenvalue weighted by atomic mass is 16.5. The molecule has 0 saturated heterocycles. The fourth-order valence-electron chi connectivity index (χ4n) is 3.65. The molecule has 0 radical (unpaired) electrons. The van der Waals surface area contributed by atoms with Crippen LogP contribution in [0.3, 0.4) is 0 Å². The third-order valence-corrected chi connectivity index (χ3v) is 5.20. The van der Waals surface area contributed by atoms with Crippen LogP contribution in [0.5, 0.6) is 17.2 Å². The summed E-state index contributed by atoms with van der Waals surface area (Å²) in [5, 5.41) is 2.94. The van der Waals surface area contributed by atoms with E-state index in [0.717, 1.165) is 22.4 Å². The second kappa shape index (κ2) is 9.43. The van der Waals surface area contributed by atoms with Crippen LogP contribution < -0.4 is 19.5 Å². The number of hydrogen-bond donors (Lipinski definition) is 1. The molecule has 0 spiro atoms. The van der Waals surface area contributed by atoms with Gasteiger partial charge < -0.3 is 24.1 Å². The Bertz CT molecular complexity index is 1250. The zero-order valence-corrected chi connectivity index (χ0v) is 18.3.